The highest BCUT2D eigenvalue weighted by molar-refractivity contribution is 4.87. The Bertz CT molecular complexity index is 229. The number of hydrogen-bond acceptors (Lipinski definition) is 2. The summed E-state index contributed by atoms with van der Waals surface area (Å²) in [6, 6.07) is 0.569. The van der Waals surface area contributed by atoms with Gasteiger partial charge in [0.1, 0.15) is 0 Å². The fraction of sp³-hybridized carbons (Fsp3) is 1.00. The molecule has 0 heterocycles. The Labute approximate surface area is 113 Å². The number of rotatable bonds is 7. The van der Waals surface area contributed by atoms with Crippen molar-refractivity contribution in [3.63, 3.8) is 0 Å². The molecule has 0 aromatic carbocycles. The van der Waals surface area contributed by atoms with Gasteiger partial charge in [-0.3, -0.25) is 0 Å². The van der Waals surface area contributed by atoms with Gasteiger partial charge in [-0.2, -0.15) is 0 Å². The summed E-state index contributed by atoms with van der Waals surface area (Å²) in [5.74, 6) is 0.976. The van der Waals surface area contributed by atoms with Crippen molar-refractivity contribution < 1.29 is 4.74 Å². The Kier molecular flexibility index (Phi) is 5.50. The second kappa shape index (κ2) is 6.91. The lowest BCUT2D eigenvalue weighted by Crippen LogP contribution is -2.46. The largest absolute Gasteiger partial charge is 0.374 e. The highest BCUT2D eigenvalue weighted by atomic mass is 16.5. The van der Waals surface area contributed by atoms with Gasteiger partial charge in [0.05, 0.1) is 5.60 Å². The topological polar surface area (TPSA) is 21.3 Å². The zero-order valence-electron chi connectivity index (χ0n) is 12.3. The Hall–Kier alpha value is -0.0800. The quantitative estimate of drug-likeness (QED) is 0.743. The van der Waals surface area contributed by atoms with Gasteiger partial charge in [-0.05, 0) is 25.2 Å². The van der Waals surface area contributed by atoms with Crippen LogP contribution in [0.4, 0.5) is 0 Å². The molecule has 0 aromatic heterocycles. The zero-order valence-corrected chi connectivity index (χ0v) is 12.3. The maximum absolute atomic E-state index is 6.36. The van der Waals surface area contributed by atoms with Crippen LogP contribution in [0.3, 0.4) is 0 Å². The van der Waals surface area contributed by atoms with E-state index in [1.165, 1.54) is 57.8 Å². The smallest absolute Gasteiger partial charge is 0.0806 e. The van der Waals surface area contributed by atoms with Gasteiger partial charge in [-0.25, -0.2) is 0 Å². The monoisotopic (exact) mass is 253 g/mol. The van der Waals surface area contributed by atoms with Crippen LogP contribution in [0.1, 0.15) is 71.6 Å². The van der Waals surface area contributed by atoms with Crippen molar-refractivity contribution in [2.24, 2.45) is 5.92 Å². The summed E-state index contributed by atoms with van der Waals surface area (Å²) in [5, 5.41) is 3.60. The van der Waals surface area contributed by atoms with Gasteiger partial charge < -0.3 is 10.1 Å². The molecule has 0 bridgehead atoms. The Balaban J connectivity index is 1.75. The normalized spacial score (nSPS) is 24.2. The van der Waals surface area contributed by atoms with Gasteiger partial charge in [0.2, 0.25) is 0 Å². The van der Waals surface area contributed by atoms with Gasteiger partial charge in [0, 0.05) is 19.2 Å². The van der Waals surface area contributed by atoms with Crippen LogP contribution in [0.5, 0.6) is 0 Å². The average molecular weight is 253 g/mol. The first kappa shape index (κ1) is 14.3. The van der Waals surface area contributed by atoms with Crippen LogP contribution in [-0.4, -0.2) is 24.8 Å². The van der Waals surface area contributed by atoms with E-state index >= 15 is 0 Å². The summed E-state index contributed by atoms with van der Waals surface area (Å²) in [6.07, 6.45) is 12.3. The molecule has 0 spiro atoms. The molecule has 2 fully saturated rings. The lowest BCUT2D eigenvalue weighted by atomic mass is 9.82. The second-order valence-electron chi connectivity index (χ2n) is 6.71. The highest BCUT2D eigenvalue weighted by Crippen LogP contribution is 2.33. The zero-order chi connectivity index (χ0) is 12.8. The summed E-state index contributed by atoms with van der Waals surface area (Å²) in [4.78, 5) is 0. The minimum atomic E-state index is 0.159. The van der Waals surface area contributed by atoms with Gasteiger partial charge in [0.15, 0.2) is 0 Å². The van der Waals surface area contributed by atoms with E-state index in [1.807, 2.05) is 0 Å². The predicted octanol–water partition coefficient (Wildman–Crippen LogP) is 3.89. The highest BCUT2D eigenvalue weighted by Gasteiger charge is 2.33. The molecule has 1 N–H and O–H groups in total. The maximum Gasteiger partial charge on any atom is 0.0806 e. The molecule has 0 unspecified atom stereocenters. The van der Waals surface area contributed by atoms with E-state index in [0.29, 0.717) is 6.04 Å². The van der Waals surface area contributed by atoms with Crippen molar-refractivity contribution in [1.29, 1.82) is 0 Å². The summed E-state index contributed by atoms with van der Waals surface area (Å²) >= 11 is 0. The van der Waals surface area contributed by atoms with E-state index in [2.05, 4.69) is 19.2 Å². The summed E-state index contributed by atoms with van der Waals surface area (Å²) in [7, 11) is 0. The summed E-state index contributed by atoms with van der Waals surface area (Å²) in [5.41, 5.74) is 0.159. The van der Waals surface area contributed by atoms with E-state index in [0.717, 1.165) is 19.1 Å². The molecule has 0 radical (unpaired) electrons. The molecule has 0 saturated heterocycles. The molecular weight excluding hydrogens is 222 g/mol. The van der Waals surface area contributed by atoms with Crippen molar-refractivity contribution in [1.82, 2.24) is 5.32 Å². The first-order valence-electron chi connectivity index (χ1n) is 8.08. The van der Waals surface area contributed by atoms with Crippen LogP contribution in [0, 0.1) is 5.92 Å². The lowest BCUT2D eigenvalue weighted by molar-refractivity contribution is -0.0755. The summed E-state index contributed by atoms with van der Waals surface area (Å²) < 4.78 is 6.36. The standard InChI is InChI=1S/C16H31NO/c1-14(2)17-13-16(10-4-3-5-11-16)18-12-9-15-7-6-8-15/h14-15,17H,3-13H2,1-2H3. The van der Waals surface area contributed by atoms with Crippen LogP contribution in [0.2, 0.25) is 0 Å². The molecular formula is C16H31NO. The molecule has 2 saturated carbocycles. The van der Waals surface area contributed by atoms with E-state index in [4.69, 9.17) is 4.74 Å². The first-order valence-corrected chi connectivity index (χ1v) is 8.08. The van der Waals surface area contributed by atoms with Crippen LogP contribution < -0.4 is 5.32 Å². The third-order valence-electron chi connectivity index (χ3n) is 4.76. The van der Waals surface area contributed by atoms with Gasteiger partial charge in [-0.1, -0.05) is 52.4 Å². The average Bonchev–Trinajstić information content (AvgIpc) is 2.31. The molecule has 0 aliphatic heterocycles. The molecule has 106 valence electrons. The number of ether oxygens (including phenoxy) is 1. The molecule has 2 rings (SSSR count). The Morgan fingerprint density at radius 2 is 1.83 bits per heavy atom. The fourth-order valence-corrected chi connectivity index (χ4v) is 3.18. The van der Waals surface area contributed by atoms with Crippen molar-refractivity contribution in [2.75, 3.05) is 13.2 Å². The predicted molar refractivity (Wildman–Crippen MR) is 76.9 cm³/mol. The Morgan fingerprint density at radius 3 is 2.39 bits per heavy atom. The van der Waals surface area contributed by atoms with E-state index in [9.17, 15) is 0 Å². The van der Waals surface area contributed by atoms with Gasteiger partial charge in [-0.15, -0.1) is 0 Å². The third-order valence-corrected chi connectivity index (χ3v) is 4.76. The fourth-order valence-electron chi connectivity index (χ4n) is 3.18. The minimum Gasteiger partial charge on any atom is -0.374 e. The summed E-state index contributed by atoms with van der Waals surface area (Å²) in [6.45, 7) is 6.50. The van der Waals surface area contributed by atoms with Gasteiger partial charge in [0.25, 0.3) is 0 Å². The van der Waals surface area contributed by atoms with E-state index < -0.39 is 0 Å². The Morgan fingerprint density at radius 1 is 1.11 bits per heavy atom. The van der Waals surface area contributed by atoms with Crippen LogP contribution in [-0.2, 0) is 4.74 Å². The SMILES string of the molecule is CC(C)NCC1(OCCC2CCC2)CCCCC1. The van der Waals surface area contributed by atoms with Crippen LogP contribution in [0.25, 0.3) is 0 Å². The van der Waals surface area contributed by atoms with E-state index in [1.54, 1.807) is 0 Å². The van der Waals surface area contributed by atoms with Crippen LogP contribution >= 0.6 is 0 Å². The van der Waals surface area contributed by atoms with Crippen molar-refractivity contribution in [3.8, 4) is 0 Å². The molecule has 2 nitrogen and oxygen atoms in total. The molecule has 0 atom stereocenters. The van der Waals surface area contributed by atoms with Gasteiger partial charge >= 0.3 is 0 Å². The minimum absolute atomic E-state index is 0.159. The van der Waals surface area contributed by atoms with Crippen molar-refractivity contribution >= 4 is 0 Å². The van der Waals surface area contributed by atoms with Crippen LogP contribution in [0.15, 0.2) is 0 Å². The maximum atomic E-state index is 6.36. The molecule has 2 aliphatic carbocycles. The molecule has 18 heavy (non-hydrogen) atoms. The first-order chi connectivity index (χ1) is 8.70. The molecule has 2 heteroatoms. The molecule has 2 aliphatic rings. The van der Waals surface area contributed by atoms with E-state index in [-0.39, 0.29) is 5.60 Å². The number of hydrogen-bond donors (Lipinski definition) is 1. The van der Waals surface area contributed by atoms with Crippen molar-refractivity contribution in [3.05, 3.63) is 0 Å². The van der Waals surface area contributed by atoms with Crippen molar-refractivity contribution in [2.45, 2.75) is 83.3 Å². The molecule has 0 amide bonds. The molecule has 0 aromatic rings. The second-order valence-corrected chi connectivity index (χ2v) is 6.71. The lowest BCUT2D eigenvalue weighted by Gasteiger charge is -2.39. The third kappa shape index (κ3) is 4.24. The number of nitrogens with one attached hydrogen (secondary N) is 1.